The molecule has 12 heteroatoms. The molecule has 2 aliphatic rings. The predicted octanol–water partition coefficient (Wildman–Crippen LogP) is 3.47. The first-order valence-electron chi connectivity index (χ1n) is 11.1. The van der Waals surface area contributed by atoms with Crippen molar-refractivity contribution < 1.29 is 31.1 Å². The molecule has 0 aliphatic carbocycles. The molecule has 0 saturated carbocycles. The number of aromatic nitrogens is 1. The van der Waals surface area contributed by atoms with E-state index in [1.165, 1.54) is 22.5 Å². The van der Waals surface area contributed by atoms with Gasteiger partial charge in [0.1, 0.15) is 11.6 Å². The van der Waals surface area contributed by atoms with Crippen LogP contribution in [0.1, 0.15) is 31.2 Å². The number of hydrogen-bond donors (Lipinski definition) is 2. The number of nitrogens with one attached hydrogen (secondary N) is 1. The van der Waals surface area contributed by atoms with Gasteiger partial charge in [0, 0.05) is 38.4 Å². The third kappa shape index (κ3) is 5.44. The zero-order valence-electron chi connectivity index (χ0n) is 18.3. The Bertz CT molecular complexity index is 1100. The normalized spacial score (nSPS) is 19.4. The van der Waals surface area contributed by atoms with Crippen molar-refractivity contribution in [2.75, 3.05) is 36.4 Å². The molecule has 2 aliphatic heterocycles. The number of rotatable bonds is 5. The van der Waals surface area contributed by atoms with Crippen LogP contribution in [-0.2, 0) is 16.2 Å². The van der Waals surface area contributed by atoms with Crippen molar-refractivity contribution >= 4 is 21.5 Å². The minimum atomic E-state index is -4.46. The lowest BCUT2D eigenvalue weighted by Crippen LogP contribution is -2.42. The van der Waals surface area contributed by atoms with Crippen LogP contribution in [-0.4, -0.2) is 61.1 Å². The number of hydrogen-bond acceptors (Lipinski definition) is 6. The highest BCUT2D eigenvalue weighted by Crippen LogP contribution is 2.30. The van der Waals surface area contributed by atoms with Crippen molar-refractivity contribution in [1.82, 2.24) is 9.29 Å². The Kier molecular flexibility index (Phi) is 7.02. The van der Waals surface area contributed by atoms with Crippen molar-refractivity contribution in [2.45, 2.75) is 48.9 Å². The third-order valence-electron chi connectivity index (χ3n) is 6.26. The fraction of sp³-hybridized carbons (Fsp3) is 0.500. The lowest BCUT2D eigenvalue weighted by Gasteiger charge is -2.33. The van der Waals surface area contributed by atoms with Crippen molar-refractivity contribution in [2.24, 2.45) is 0 Å². The molecular weight excluding hydrogens is 476 g/mol. The van der Waals surface area contributed by atoms with E-state index in [1.54, 1.807) is 4.90 Å². The molecule has 0 spiro atoms. The number of benzene rings is 1. The van der Waals surface area contributed by atoms with Gasteiger partial charge in [0.25, 0.3) is 0 Å². The van der Waals surface area contributed by atoms with Crippen LogP contribution < -0.4 is 10.2 Å². The summed E-state index contributed by atoms with van der Waals surface area (Å²) in [4.78, 5) is 5.47. The third-order valence-corrected chi connectivity index (χ3v) is 8.15. The summed E-state index contributed by atoms with van der Waals surface area (Å²) < 4.78 is 80.1. The molecule has 7 nitrogen and oxygen atoms in total. The van der Waals surface area contributed by atoms with Gasteiger partial charge in [-0.2, -0.15) is 17.5 Å². The predicted molar refractivity (Wildman–Crippen MR) is 118 cm³/mol. The van der Waals surface area contributed by atoms with Crippen LogP contribution in [0.15, 0.2) is 41.4 Å². The van der Waals surface area contributed by atoms with Gasteiger partial charge in [-0.05, 0) is 56.0 Å². The number of sulfonamides is 1. The average molecular weight is 503 g/mol. The molecule has 0 atom stereocenters. The molecule has 0 amide bonds. The molecule has 2 saturated heterocycles. The average Bonchev–Trinajstić information content (AvgIpc) is 2.80. The number of aliphatic hydroxyl groups excluding tert-OH is 1. The quantitative estimate of drug-likeness (QED) is 0.610. The van der Waals surface area contributed by atoms with E-state index in [9.17, 15) is 31.1 Å². The minimum absolute atomic E-state index is 0.124. The SMILES string of the molecule is O=S(=O)(c1ccc(N2CCC(O)CC2)c(F)c1)N1CCC(Nc2ccc(C(F)(F)F)cn2)CC1. The first kappa shape index (κ1) is 24.7. The van der Waals surface area contributed by atoms with Crippen molar-refractivity contribution in [3.05, 3.63) is 47.9 Å². The Morgan fingerprint density at radius 1 is 1.00 bits per heavy atom. The van der Waals surface area contributed by atoms with E-state index in [2.05, 4.69) is 10.3 Å². The fourth-order valence-corrected chi connectivity index (χ4v) is 5.74. The number of piperidine rings is 2. The van der Waals surface area contributed by atoms with Crippen LogP contribution >= 0.6 is 0 Å². The summed E-state index contributed by atoms with van der Waals surface area (Å²) in [5.74, 6) is -0.334. The number of pyridine rings is 1. The summed E-state index contributed by atoms with van der Waals surface area (Å²) in [5.41, 5.74) is -0.520. The highest BCUT2D eigenvalue weighted by Gasteiger charge is 2.32. The molecule has 34 heavy (non-hydrogen) atoms. The van der Waals surface area contributed by atoms with Gasteiger partial charge < -0.3 is 15.3 Å². The lowest BCUT2D eigenvalue weighted by molar-refractivity contribution is -0.137. The zero-order chi connectivity index (χ0) is 24.5. The van der Waals surface area contributed by atoms with Crippen LogP contribution in [0.4, 0.5) is 29.1 Å². The van der Waals surface area contributed by atoms with E-state index in [0.717, 1.165) is 18.3 Å². The van der Waals surface area contributed by atoms with Gasteiger partial charge in [0.05, 0.1) is 22.3 Å². The Hall–Kier alpha value is -2.44. The smallest absolute Gasteiger partial charge is 0.393 e. The first-order chi connectivity index (χ1) is 16.0. The summed E-state index contributed by atoms with van der Waals surface area (Å²) in [6.45, 7) is 1.37. The Morgan fingerprint density at radius 3 is 2.24 bits per heavy atom. The minimum Gasteiger partial charge on any atom is -0.393 e. The summed E-state index contributed by atoms with van der Waals surface area (Å²) in [6, 6.07) is 5.94. The molecular formula is C22H26F4N4O3S. The van der Waals surface area contributed by atoms with Crippen molar-refractivity contribution in [1.29, 1.82) is 0 Å². The molecule has 1 aromatic carbocycles. The molecule has 1 aromatic heterocycles. The largest absolute Gasteiger partial charge is 0.417 e. The molecule has 0 radical (unpaired) electrons. The van der Waals surface area contributed by atoms with Crippen LogP contribution in [0.3, 0.4) is 0 Å². The highest BCUT2D eigenvalue weighted by atomic mass is 32.2. The van der Waals surface area contributed by atoms with Crippen molar-refractivity contribution in [3.63, 3.8) is 0 Å². The number of alkyl halides is 3. The second kappa shape index (κ2) is 9.67. The first-order valence-corrected chi connectivity index (χ1v) is 12.5. The molecule has 0 bridgehead atoms. The van der Waals surface area contributed by atoms with Gasteiger partial charge in [-0.25, -0.2) is 17.8 Å². The van der Waals surface area contributed by atoms with Gasteiger partial charge in [0.15, 0.2) is 0 Å². The van der Waals surface area contributed by atoms with Crippen LogP contribution in [0.5, 0.6) is 0 Å². The summed E-state index contributed by atoms with van der Waals surface area (Å²) in [7, 11) is -3.89. The fourth-order valence-electron chi connectivity index (χ4n) is 4.26. The standard InChI is InChI=1S/C22H26F4N4O3S/c23-19-13-18(2-3-20(19)29-9-7-17(31)8-10-29)34(32,33)30-11-5-16(6-12-30)28-21-4-1-15(14-27-21)22(24,25)26/h1-4,13-14,16-17,31H,5-12H2,(H,27,28). The molecule has 0 unspecified atom stereocenters. The Balaban J connectivity index is 1.36. The maximum absolute atomic E-state index is 14.8. The zero-order valence-corrected chi connectivity index (χ0v) is 19.1. The number of aliphatic hydroxyl groups is 1. The van der Waals surface area contributed by atoms with E-state index in [0.29, 0.717) is 44.5 Å². The molecule has 186 valence electrons. The Morgan fingerprint density at radius 2 is 1.68 bits per heavy atom. The van der Waals surface area contributed by atoms with E-state index in [4.69, 9.17) is 0 Å². The maximum Gasteiger partial charge on any atom is 0.417 e. The van der Waals surface area contributed by atoms with E-state index < -0.39 is 33.7 Å². The van der Waals surface area contributed by atoms with Crippen LogP contribution in [0, 0.1) is 5.82 Å². The van der Waals surface area contributed by atoms with Gasteiger partial charge in [-0.3, -0.25) is 0 Å². The second-order valence-corrected chi connectivity index (χ2v) is 10.5. The number of halogens is 4. The molecule has 2 aromatic rings. The topological polar surface area (TPSA) is 85.8 Å². The van der Waals surface area contributed by atoms with E-state index >= 15 is 0 Å². The van der Waals surface area contributed by atoms with Crippen molar-refractivity contribution in [3.8, 4) is 0 Å². The molecule has 2 fully saturated rings. The van der Waals surface area contributed by atoms with E-state index in [1.807, 2.05) is 0 Å². The van der Waals surface area contributed by atoms with Gasteiger partial charge in [0.2, 0.25) is 10.0 Å². The number of anilines is 2. The maximum atomic E-state index is 14.8. The van der Waals surface area contributed by atoms with Crippen LogP contribution in [0.2, 0.25) is 0 Å². The summed E-state index contributed by atoms with van der Waals surface area (Å²) >= 11 is 0. The molecule has 2 N–H and O–H groups in total. The van der Waals surface area contributed by atoms with Gasteiger partial charge >= 0.3 is 6.18 Å². The lowest BCUT2D eigenvalue weighted by atomic mass is 10.1. The molecule has 3 heterocycles. The highest BCUT2D eigenvalue weighted by molar-refractivity contribution is 7.89. The second-order valence-electron chi connectivity index (χ2n) is 8.58. The summed E-state index contributed by atoms with van der Waals surface area (Å²) in [5, 5.41) is 12.7. The summed E-state index contributed by atoms with van der Waals surface area (Å²) in [6.07, 6.45) is -2.18. The van der Waals surface area contributed by atoms with Gasteiger partial charge in [-0.1, -0.05) is 0 Å². The van der Waals surface area contributed by atoms with Crippen LogP contribution in [0.25, 0.3) is 0 Å². The van der Waals surface area contributed by atoms with E-state index in [-0.39, 0.29) is 29.8 Å². The number of nitrogens with zero attached hydrogens (tertiary/aromatic N) is 3. The monoisotopic (exact) mass is 502 g/mol. The Labute approximate surface area is 195 Å². The molecule has 4 rings (SSSR count). The van der Waals surface area contributed by atoms with Gasteiger partial charge in [-0.15, -0.1) is 0 Å².